The Hall–Kier alpha value is -3.20. The lowest BCUT2D eigenvalue weighted by Crippen LogP contribution is -2.22. The Bertz CT molecular complexity index is 751. The average Bonchev–Trinajstić information content (AvgIpc) is 2.60. The lowest BCUT2D eigenvalue weighted by Gasteiger charge is -2.19. The molecule has 23 heavy (non-hydrogen) atoms. The van der Waals surface area contributed by atoms with Crippen LogP contribution in [0.15, 0.2) is 42.5 Å². The number of fused-ring (bicyclic) bond motifs is 1. The highest BCUT2D eigenvalue weighted by Crippen LogP contribution is 2.32. The number of carbonyl (C=O) groups is 1. The molecule has 0 aliphatic carbocycles. The van der Waals surface area contributed by atoms with Crippen molar-refractivity contribution in [2.45, 2.75) is 0 Å². The van der Waals surface area contributed by atoms with Crippen LogP contribution in [0.4, 0.5) is 11.4 Å². The maximum atomic E-state index is 11.9. The van der Waals surface area contributed by atoms with Crippen LogP contribution < -0.4 is 20.1 Å². The van der Waals surface area contributed by atoms with Crippen LogP contribution in [0.2, 0.25) is 0 Å². The van der Waals surface area contributed by atoms with E-state index >= 15 is 0 Å². The van der Waals surface area contributed by atoms with Crippen molar-refractivity contribution in [2.24, 2.45) is 0 Å². The number of hydrogen-bond acceptors (Lipinski definition) is 5. The van der Waals surface area contributed by atoms with E-state index in [4.69, 9.17) is 14.7 Å². The van der Waals surface area contributed by atoms with E-state index in [1.165, 1.54) is 0 Å². The van der Waals surface area contributed by atoms with Gasteiger partial charge in [0.05, 0.1) is 18.2 Å². The first-order valence-electron chi connectivity index (χ1n) is 7.18. The fraction of sp³-hybridized carbons (Fsp3) is 0.176. The molecule has 1 amide bonds. The molecule has 0 unspecified atom stereocenters. The number of nitrogens with one attached hydrogen (secondary N) is 2. The van der Waals surface area contributed by atoms with Gasteiger partial charge in [-0.05, 0) is 36.4 Å². The molecular weight excluding hydrogens is 294 g/mol. The molecule has 1 aliphatic rings. The molecule has 2 N–H and O–H groups in total. The predicted molar refractivity (Wildman–Crippen MR) is 85.7 cm³/mol. The Morgan fingerprint density at radius 2 is 1.74 bits per heavy atom. The lowest BCUT2D eigenvalue weighted by atomic mass is 10.2. The van der Waals surface area contributed by atoms with Crippen LogP contribution in [-0.4, -0.2) is 25.7 Å². The molecule has 0 bridgehead atoms. The number of rotatable bonds is 4. The van der Waals surface area contributed by atoms with Gasteiger partial charge < -0.3 is 20.1 Å². The second kappa shape index (κ2) is 6.71. The maximum absolute atomic E-state index is 11.9. The fourth-order valence-corrected chi connectivity index (χ4v) is 2.17. The van der Waals surface area contributed by atoms with Gasteiger partial charge in [-0.3, -0.25) is 4.79 Å². The van der Waals surface area contributed by atoms with Crippen LogP contribution >= 0.6 is 0 Å². The molecule has 3 rings (SSSR count). The summed E-state index contributed by atoms with van der Waals surface area (Å²) >= 11 is 0. The molecule has 1 aliphatic heterocycles. The van der Waals surface area contributed by atoms with Gasteiger partial charge in [0.15, 0.2) is 11.5 Å². The van der Waals surface area contributed by atoms with Crippen LogP contribution in [0, 0.1) is 11.3 Å². The first-order chi connectivity index (χ1) is 11.2. The second-order valence-corrected chi connectivity index (χ2v) is 4.95. The van der Waals surface area contributed by atoms with Crippen molar-refractivity contribution in [3.8, 4) is 17.6 Å². The van der Waals surface area contributed by atoms with E-state index in [9.17, 15) is 4.79 Å². The summed E-state index contributed by atoms with van der Waals surface area (Å²) < 4.78 is 10.9. The molecule has 1 heterocycles. The standard InChI is InChI=1S/C17H15N3O3/c18-10-12-1-3-13(4-2-12)20-17(21)11-19-14-5-6-15-16(9-14)23-8-7-22-15/h1-6,9,19H,7-8,11H2,(H,20,21). The number of amides is 1. The number of benzene rings is 2. The van der Waals surface area contributed by atoms with Crippen LogP contribution in [0.1, 0.15) is 5.56 Å². The molecule has 2 aromatic rings. The molecule has 0 saturated heterocycles. The molecule has 0 atom stereocenters. The zero-order chi connectivity index (χ0) is 16.1. The van der Waals surface area contributed by atoms with Crippen molar-refractivity contribution in [2.75, 3.05) is 30.4 Å². The first-order valence-corrected chi connectivity index (χ1v) is 7.18. The van der Waals surface area contributed by atoms with Crippen molar-refractivity contribution in [3.05, 3.63) is 48.0 Å². The Kier molecular flexibility index (Phi) is 4.29. The zero-order valence-corrected chi connectivity index (χ0v) is 12.3. The zero-order valence-electron chi connectivity index (χ0n) is 12.3. The molecule has 2 aromatic carbocycles. The van der Waals surface area contributed by atoms with Gasteiger partial charge in [0, 0.05) is 17.4 Å². The minimum absolute atomic E-state index is 0.125. The number of ether oxygens (including phenoxy) is 2. The third-order valence-electron chi connectivity index (χ3n) is 3.29. The van der Waals surface area contributed by atoms with Crippen molar-refractivity contribution in [1.29, 1.82) is 5.26 Å². The monoisotopic (exact) mass is 309 g/mol. The van der Waals surface area contributed by atoms with Crippen molar-refractivity contribution in [3.63, 3.8) is 0 Å². The summed E-state index contributed by atoms with van der Waals surface area (Å²) in [5.74, 6) is 1.21. The molecule has 6 nitrogen and oxygen atoms in total. The summed E-state index contributed by atoms with van der Waals surface area (Å²) in [4.78, 5) is 11.9. The summed E-state index contributed by atoms with van der Waals surface area (Å²) in [5, 5.41) is 14.5. The lowest BCUT2D eigenvalue weighted by molar-refractivity contribution is -0.114. The number of carbonyl (C=O) groups excluding carboxylic acids is 1. The summed E-state index contributed by atoms with van der Waals surface area (Å²) in [7, 11) is 0. The highest BCUT2D eigenvalue weighted by Gasteiger charge is 2.12. The normalized spacial score (nSPS) is 12.1. The Morgan fingerprint density at radius 3 is 2.48 bits per heavy atom. The van der Waals surface area contributed by atoms with Gasteiger partial charge in [-0.1, -0.05) is 0 Å². The second-order valence-electron chi connectivity index (χ2n) is 4.95. The van der Waals surface area contributed by atoms with E-state index in [0.717, 1.165) is 5.69 Å². The van der Waals surface area contributed by atoms with Crippen LogP contribution in [0.5, 0.6) is 11.5 Å². The van der Waals surface area contributed by atoms with Gasteiger partial charge in [0.1, 0.15) is 13.2 Å². The number of nitrogens with zero attached hydrogens (tertiary/aromatic N) is 1. The molecular formula is C17H15N3O3. The quantitative estimate of drug-likeness (QED) is 0.906. The highest BCUT2D eigenvalue weighted by molar-refractivity contribution is 5.93. The first kappa shape index (κ1) is 14.7. The minimum atomic E-state index is -0.176. The molecule has 0 aromatic heterocycles. The van der Waals surface area contributed by atoms with Gasteiger partial charge in [0.25, 0.3) is 0 Å². The largest absolute Gasteiger partial charge is 0.486 e. The molecule has 0 fully saturated rings. The van der Waals surface area contributed by atoms with E-state index in [1.54, 1.807) is 24.3 Å². The number of nitriles is 1. The molecule has 0 spiro atoms. The van der Waals surface area contributed by atoms with Crippen molar-refractivity contribution >= 4 is 17.3 Å². The van der Waals surface area contributed by atoms with E-state index in [2.05, 4.69) is 10.6 Å². The van der Waals surface area contributed by atoms with E-state index < -0.39 is 0 Å². The summed E-state index contributed by atoms with van der Waals surface area (Å²) in [6.45, 7) is 1.20. The average molecular weight is 309 g/mol. The van der Waals surface area contributed by atoms with E-state index in [-0.39, 0.29) is 12.5 Å². The topological polar surface area (TPSA) is 83.4 Å². The Morgan fingerprint density at radius 1 is 1.04 bits per heavy atom. The van der Waals surface area contributed by atoms with E-state index in [1.807, 2.05) is 24.3 Å². The molecule has 6 heteroatoms. The van der Waals surface area contributed by atoms with Crippen LogP contribution in [0.3, 0.4) is 0 Å². The van der Waals surface area contributed by atoms with Crippen LogP contribution in [-0.2, 0) is 4.79 Å². The van der Waals surface area contributed by atoms with Crippen molar-refractivity contribution < 1.29 is 14.3 Å². The summed E-state index contributed by atoms with van der Waals surface area (Å²) in [6.07, 6.45) is 0. The Labute approximate surface area is 133 Å². The molecule has 116 valence electrons. The van der Waals surface area contributed by atoms with Gasteiger partial charge in [-0.15, -0.1) is 0 Å². The maximum Gasteiger partial charge on any atom is 0.243 e. The van der Waals surface area contributed by atoms with E-state index in [0.29, 0.717) is 36.0 Å². The predicted octanol–water partition coefficient (Wildman–Crippen LogP) is 2.38. The minimum Gasteiger partial charge on any atom is -0.486 e. The fourth-order valence-electron chi connectivity index (χ4n) is 2.17. The van der Waals surface area contributed by atoms with Gasteiger partial charge in [-0.2, -0.15) is 5.26 Å². The molecule has 0 radical (unpaired) electrons. The van der Waals surface area contributed by atoms with Gasteiger partial charge >= 0.3 is 0 Å². The third-order valence-corrected chi connectivity index (χ3v) is 3.29. The van der Waals surface area contributed by atoms with Gasteiger partial charge in [0.2, 0.25) is 5.91 Å². The summed E-state index contributed by atoms with van der Waals surface area (Å²) in [6, 6.07) is 14.2. The molecule has 0 saturated carbocycles. The number of anilines is 2. The van der Waals surface area contributed by atoms with Gasteiger partial charge in [-0.25, -0.2) is 0 Å². The third kappa shape index (κ3) is 3.71. The Balaban J connectivity index is 1.55. The SMILES string of the molecule is N#Cc1ccc(NC(=O)CNc2ccc3c(c2)OCCO3)cc1. The smallest absolute Gasteiger partial charge is 0.243 e. The number of hydrogen-bond donors (Lipinski definition) is 2. The van der Waals surface area contributed by atoms with Crippen molar-refractivity contribution in [1.82, 2.24) is 0 Å². The summed E-state index contributed by atoms with van der Waals surface area (Å²) in [5.41, 5.74) is 1.99. The highest BCUT2D eigenvalue weighted by atomic mass is 16.6. The van der Waals surface area contributed by atoms with Crippen LogP contribution in [0.25, 0.3) is 0 Å².